The lowest BCUT2D eigenvalue weighted by molar-refractivity contribution is -0.0370. The molecule has 98 valence electrons. The standard InChI is InChI=1S/C12H21BF2O2/c1-10(2)11(3,4)17-13(16-10)9-6-5-7-12(14,15)8-9/h9H,5-8H2,1-4H3. The summed E-state index contributed by atoms with van der Waals surface area (Å²) < 4.78 is 38.4. The fourth-order valence-corrected chi connectivity index (χ4v) is 2.52. The largest absolute Gasteiger partial charge is 0.461 e. The quantitative estimate of drug-likeness (QED) is 0.657. The van der Waals surface area contributed by atoms with E-state index >= 15 is 0 Å². The summed E-state index contributed by atoms with van der Waals surface area (Å²) in [4.78, 5) is 0. The van der Waals surface area contributed by atoms with Gasteiger partial charge in [0.2, 0.25) is 5.92 Å². The maximum absolute atomic E-state index is 13.4. The zero-order valence-electron chi connectivity index (χ0n) is 11.1. The summed E-state index contributed by atoms with van der Waals surface area (Å²) in [7, 11) is -0.480. The van der Waals surface area contributed by atoms with Crippen LogP contribution in [-0.2, 0) is 9.31 Å². The van der Waals surface area contributed by atoms with E-state index in [2.05, 4.69) is 0 Å². The average molecular weight is 246 g/mol. The number of hydrogen-bond donors (Lipinski definition) is 0. The number of alkyl halides is 2. The number of halogens is 2. The molecule has 2 rings (SSSR count). The molecular formula is C12H21BF2O2. The highest BCUT2D eigenvalue weighted by Crippen LogP contribution is 2.47. The van der Waals surface area contributed by atoms with Gasteiger partial charge in [-0.05, 0) is 39.9 Å². The molecule has 0 amide bonds. The first-order valence-corrected chi connectivity index (χ1v) is 6.36. The van der Waals surface area contributed by atoms with E-state index in [1.54, 1.807) is 0 Å². The third kappa shape index (κ3) is 2.50. The molecule has 2 nitrogen and oxygen atoms in total. The van der Waals surface area contributed by atoms with Crippen molar-refractivity contribution >= 4 is 7.12 Å². The van der Waals surface area contributed by atoms with Gasteiger partial charge in [0, 0.05) is 12.8 Å². The van der Waals surface area contributed by atoms with Crippen molar-refractivity contribution in [2.75, 3.05) is 0 Å². The fourth-order valence-electron chi connectivity index (χ4n) is 2.52. The van der Waals surface area contributed by atoms with E-state index in [1.807, 2.05) is 27.7 Å². The summed E-state index contributed by atoms with van der Waals surface area (Å²) in [5.74, 6) is -2.73. The van der Waals surface area contributed by atoms with Gasteiger partial charge < -0.3 is 9.31 Å². The van der Waals surface area contributed by atoms with E-state index in [-0.39, 0.29) is 18.7 Å². The Morgan fingerprint density at radius 3 is 2.06 bits per heavy atom. The van der Waals surface area contributed by atoms with Gasteiger partial charge in [0.25, 0.3) is 0 Å². The van der Waals surface area contributed by atoms with Crippen LogP contribution in [0.25, 0.3) is 0 Å². The SMILES string of the molecule is CC1(C)OB(C2CCCC(F)(F)C2)OC1(C)C. The summed E-state index contributed by atoms with van der Waals surface area (Å²) in [6.45, 7) is 7.81. The van der Waals surface area contributed by atoms with Crippen LogP contribution >= 0.6 is 0 Å². The Kier molecular flexibility index (Phi) is 3.06. The first kappa shape index (κ1) is 13.3. The first-order valence-electron chi connectivity index (χ1n) is 6.36. The van der Waals surface area contributed by atoms with Crippen LogP contribution in [0.3, 0.4) is 0 Å². The number of hydrogen-bond acceptors (Lipinski definition) is 2. The van der Waals surface area contributed by atoms with Crippen molar-refractivity contribution in [3.8, 4) is 0 Å². The normalized spacial score (nSPS) is 34.9. The molecule has 17 heavy (non-hydrogen) atoms. The van der Waals surface area contributed by atoms with Crippen LogP contribution in [0.15, 0.2) is 0 Å². The zero-order valence-corrected chi connectivity index (χ0v) is 11.1. The Morgan fingerprint density at radius 1 is 1.06 bits per heavy atom. The highest BCUT2D eigenvalue weighted by atomic mass is 19.3. The molecular weight excluding hydrogens is 225 g/mol. The van der Waals surface area contributed by atoms with Crippen molar-refractivity contribution in [3.63, 3.8) is 0 Å². The van der Waals surface area contributed by atoms with E-state index in [4.69, 9.17) is 9.31 Å². The average Bonchev–Trinajstić information content (AvgIpc) is 2.34. The third-order valence-corrected chi connectivity index (χ3v) is 4.33. The monoisotopic (exact) mass is 246 g/mol. The molecule has 1 aliphatic carbocycles. The molecule has 0 bridgehead atoms. The zero-order chi connectivity index (χ0) is 12.9. The van der Waals surface area contributed by atoms with Gasteiger partial charge in [-0.1, -0.05) is 6.42 Å². The second kappa shape index (κ2) is 3.92. The summed E-state index contributed by atoms with van der Waals surface area (Å²) in [5.41, 5.74) is -0.852. The Balaban J connectivity index is 2.06. The summed E-state index contributed by atoms with van der Waals surface area (Å²) >= 11 is 0. The Morgan fingerprint density at radius 2 is 1.59 bits per heavy atom. The molecule has 1 saturated heterocycles. The second-order valence-corrected chi connectivity index (χ2v) is 6.34. The fraction of sp³-hybridized carbons (Fsp3) is 1.00. The Hall–Kier alpha value is -0.155. The van der Waals surface area contributed by atoms with Gasteiger partial charge in [-0.15, -0.1) is 0 Å². The lowest BCUT2D eigenvalue weighted by Crippen LogP contribution is -2.41. The van der Waals surface area contributed by atoms with E-state index in [9.17, 15) is 8.78 Å². The lowest BCUT2D eigenvalue weighted by Gasteiger charge is -2.32. The van der Waals surface area contributed by atoms with Crippen LogP contribution in [-0.4, -0.2) is 24.2 Å². The van der Waals surface area contributed by atoms with Crippen LogP contribution in [0.5, 0.6) is 0 Å². The molecule has 0 radical (unpaired) electrons. The second-order valence-electron chi connectivity index (χ2n) is 6.34. The molecule has 5 heteroatoms. The van der Waals surface area contributed by atoms with Crippen molar-refractivity contribution in [1.29, 1.82) is 0 Å². The van der Waals surface area contributed by atoms with Gasteiger partial charge in [-0.3, -0.25) is 0 Å². The molecule has 0 aromatic heterocycles. The Labute approximate surface area is 102 Å². The van der Waals surface area contributed by atoms with Gasteiger partial charge >= 0.3 is 7.12 Å². The van der Waals surface area contributed by atoms with Crippen LogP contribution < -0.4 is 0 Å². The molecule has 2 fully saturated rings. The molecule has 1 saturated carbocycles. The highest BCUT2D eigenvalue weighted by Gasteiger charge is 2.55. The van der Waals surface area contributed by atoms with E-state index in [0.717, 1.165) is 6.42 Å². The predicted molar refractivity (Wildman–Crippen MR) is 63.2 cm³/mol. The van der Waals surface area contributed by atoms with Crippen LogP contribution in [0, 0.1) is 0 Å². The van der Waals surface area contributed by atoms with Gasteiger partial charge in [0.05, 0.1) is 11.2 Å². The molecule has 1 heterocycles. The third-order valence-electron chi connectivity index (χ3n) is 4.33. The molecule has 2 aliphatic rings. The molecule has 0 spiro atoms. The van der Waals surface area contributed by atoms with Crippen molar-refractivity contribution in [1.82, 2.24) is 0 Å². The summed E-state index contributed by atoms with van der Waals surface area (Å²) in [6.07, 6.45) is 1.22. The Bertz CT molecular complexity index is 289. The van der Waals surface area contributed by atoms with Crippen molar-refractivity contribution in [3.05, 3.63) is 0 Å². The minimum atomic E-state index is -2.55. The topological polar surface area (TPSA) is 18.5 Å². The van der Waals surface area contributed by atoms with Crippen LogP contribution in [0.1, 0.15) is 53.4 Å². The lowest BCUT2D eigenvalue weighted by atomic mass is 9.63. The number of rotatable bonds is 1. The molecule has 0 N–H and O–H groups in total. The highest BCUT2D eigenvalue weighted by molar-refractivity contribution is 6.47. The smallest absolute Gasteiger partial charge is 0.403 e. The molecule has 0 aromatic rings. The van der Waals surface area contributed by atoms with Gasteiger partial charge in [0.15, 0.2) is 0 Å². The van der Waals surface area contributed by atoms with Crippen molar-refractivity contribution < 1.29 is 18.1 Å². The van der Waals surface area contributed by atoms with Gasteiger partial charge in [-0.25, -0.2) is 8.78 Å². The molecule has 1 unspecified atom stereocenters. The van der Waals surface area contributed by atoms with E-state index in [0.29, 0.717) is 6.42 Å². The first-order chi connectivity index (χ1) is 7.63. The van der Waals surface area contributed by atoms with Crippen molar-refractivity contribution in [2.24, 2.45) is 0 Å². The van der Waals surface area contributed by atoms with Gasteiger partial charge in [-0.2, -0.15) is 0 Å². The van der Waals surface area contributed by atoms with E-state index < -0.39 is 24.2 Å². The van der Waals surface area contributed by atoms with Crippen LogP contribution in [0.4, 0.5) is 8.78 Å². The van der Waals surface area contributed by atoms with E-state index in [1.165, 1.54) is 0 Å². The molecule has 1 aliphatic heterocycles. The van der Waals surface area contributed by atoms with Crippen molar-refractivity contribution in [2.45, 2.75) is 76.3 Å². The van der Waals surface area contributed by atoms with Crippen LogP contribution in [0.2, 0.25) is 5.82 Å². The molecule has 0 aromatic carbocycles. The molecule has 1 atom stereocenters. The summed E-state index contributed by atoms with van der Waals surface area (Å²) in [5, 5.41) is 0. The predicted octanol–water partition coefficient (Wildman–Crippen LogP) is 3.66. The minimum Gasteiger partial charge on any atom is -0.403 e. The summed E-state index contributed by atoms with van der Waals surface area (Å²) in [6, 6.07) is 0. The maximum atomic E-state index is 13.4. The maximum Gasteiger partial charge on any atom is 0.461 e. The van der Waals surface area contributed by atoms with Gasteiger partial charge in [0.1, 0.15) is 0 Å². The minimum absolute atomic E-state index is 0.00298.